The minimum absolute atomic E-state index is 0. The summed E-state index contributed by atoms with van der Waals surface area (Å²) in [5, 5.41) is 5.54. The molecule has 8 heteroatoms. The average Bonchev–Trinajstić information content (AvgIpc) is 2.50. The first-order chi connectivity index (χ1) is 10.1. The molecule has 0 saturated heterocycles. The van der Waals surface area contributed by atoms with Gasteiger partial charge in [-0.3, -0.25) is 14.6 Å². The van der Waals surface area contributed by atoms with E-state index < -0.39 is 5.41 Å². The second kappa shape index (κ2) is 12.1. The number of halogens is 2. The Morgan fingerprint density at radius 1 is 1.17 bits per heavy atom. The van der Waals surface area contributed by atoms with Crippen molar-refractivity contribution in [3.63, 3.8) is 0 Å². The number of anilines is 1. The topological polar surface area (TPSA) is 97.1 Å². The van der Waals surface area contributed by atoms with Crippen LogP contribution in [0.5, 0.6) is 0 Å². The monoisotopic (exact) mass is 364 g/mol. The molecular formula is C15H26Cl2N4O2. The number of nitrogens with two attached hydrogens (primary N) is 1. The summed E-state index contributed by atoms with van der Waals surface area (Å²) in [6.07, 6.45) is 4.82. The molecule has 0 radical (unpaired) electrons. The molecule has 0 aromatic carbocycles. The summed E-state index contributed by atoms with van der Waals surface area (Å²) in [5.41, 5.74) is 5.89. The van der Waals surface area contributed by atoms with Crippen LogP contribution in [-0.4, -0.2) is 29.9 Å². The van der Waals surface area contributed by atoms with Crippen LogP contribution in [0.15, 0.2) is 24.5 Å². The highest BCUT2D eigenvalue weighted by molar-refractivity contribution is 5.91. The summed E-state index contributed by atoms with van der Waals surface area (Å²) in [7, 11) is 0. The lowest BCUT2D eigenvalue weighted by atomic mass is 9.81. The Balaban J connectivity index is 0. The molecule has 0 aliphatic heterocycles. The van der Waals surface area contributed by atoms with Crippen LogP contribution in [-0.2, 0) is 9.59 Å². The molecule has 0 aliphatic rings. The summed E-state index contributed by atoms with van der Waals surface area (Å²) in [5.74, 6) is -0.223. The van der Waals surface area contributed by atoms with E-state index in [0.717, 1.165) is 0 Å². The minimum Gasteiger partial charge on any atom is -0.355 e. The quantitative estimate of drug-likeness (QED) is 0.657. The third-order valence-corrected chi connectivity index (χ3v) is 3.83. The van der Waals surface area contributed by atoms with Gasteiger partial charge in [-0.15, -0.1) is 24.8 Å². The Morgan fingerprint density at radius 3 is 2.22 bits per heavy atom. The SMILES string of the molecule is CCC(CC)(CN)C(=O)NCCC(=O)Nc1ccncc1.Cl.Cl. The third kappa shape index (κ3) is 7.16. The fourth-order valence-corrected chi connectivity index (χ4v) is 2.09. The lowest BCUT2D eigenvalue weighted by Crippen LogP contribution is -2.45. The molecule has 23 heavy (non-hydrogen) atoms. The Morgan fingerprint density at radius 2 is 1.74 bits per heavy atom. The van der Waals surface area contributed by atoms with Gasteiger partial charge < -0.3 is 16.4 Å². The number of hydrogen-bond donors (Lipinski definition) is 3. The Hall–Kier alpha value is -1.37. The van der Waals surface area contributed by atoms with Crippen LogP contribution in [0, 0.1) is 5.41 Å². The molecule has 2 amide bonds. The van der Waals surface area contributed by atoms with Crippen LogP contribution < -0.4 is 16.4 Å². The van der Waals surface area contributed by atoms with E-state index in [9.17, 15) is 9.59 Å². The van der Waals surface area contributed by atoms with Gasteiger partial charge in [-0.25, -0.2) is 0 Å². The molecule has 1 rings (SSSR count). The number of nitrogens with one attached hydrogen (secondary N) is 2. The fourth-order valence-electron chi connectivity index (χ4n) is 2.09. The van der Waals surface area contributed by atoms with Crippen LogP contribution in [0.2, 0.25) is 0 Å². The minimum atomic E-state index is -0.526. The van der Waals surface area contributed by atoms with Crippen molar-refractivity contribution in [2.24, 2.45) is 11.1 Å². The van der Waals surface area contributed by atoms with E-state index in [4.69, 9.17) is 5.73 Å². The maximum atomic E-state index is 12.2. The largest absolute Gasteiger partial charge is 0.355 e. The first-order valence-corrected chi connectivity index (χ1v) is 7.26. The Kier molecular flexibility index (Phi) is 12.6. The summed E-state index contributed by atoms with van der Waals surface area (Å²) in [6, 6.07) is 3.42. The molecule has 0 unspecified atom stereocenters. The number of pyridine rings is 1. The zero-order valence-electron chi connectivity index (χ0n) is 13.5. The van der Waals surface area contributed by atoms with Gasteiger partial charge in [0.25, 0.3) is 0 Å². The van der Waals surface area contributed by atoms with Crippen LogP contribution >= 0.6 is 24.8 Å². The Labute approximate surface area is 149 Å². The molecule has 0 fully saturated rings. The zero-order valence-corrected chi connectivity index (χ0v) is 15.1. The van der Waals surface area contributed by atoms with Crippen molar-refractivity contribution in [1.82, 2.24) is 10.3 Å². The summed E-state index contributed by atoms with van der Waals surface area (Å²) in [4.78, 5) is 27.8. The van der Waals surface area contributed by atoms with Gasteiger partial charge in [-0.2, -0.15) is 0 Å². The zero-order chi connectivity index (χ0) is 15.7. The van der Waals surface area contributed by atoms with E-state index in [1.807, 2.05) is 13.8 Å². The first-order valence-electron chi connectivity index (χ1n) is 7.26. The van der Waals surface area contributed by atoms with Crippen molar-refractivity contribution < 1.29 is 9.59 Å². The van der Waals surface area contributed by atoms with Crippen molar-refractivity contribution in [2.75, 3.05) is 18.4 Å². The number of aromatic nitrogens is 1. The summed E-state index contributed by atoms with van der Waals surface area (Å²) >= 11 is 0. The first kappa shape index (κ1) is 23.9. The average molecular weight is 365 g/mol. The predicted octanol–water partition coefficient (Wildman–Crippen LogP) is 2.14. The molecule has 0 bridgehead atoms. The van der Waals surface area contributed by atoms with Crippen LogP contribution in [0.1, 0.15) is 33.1 Å². The van der Waals surface area contributed by atoms with Crippen molar-refractivity contribution in [3.8, 4) is 0 Å². The lowest BCUT2D eigenvalue weighted by molar-refractivity contribution is -0.131. The van der Waals surface area contributed by atoms with Gasteiger partial charge in [0.15, 0.2) is 0 Å². The molecule has 0 aliphatic carbocycles. The molecule has 0 saturated carbocycles. The van der Waals surface area contributed by atoms with E-state index in [2.05, 4.69) is 15.6 Å². The van der Waals surface area contributed by atoms with E-state index in [1.54, 1.807) is 24.5 Å². The predicted molar refractivity (Wildman–Crippen MR) is 97.1 cm³/mol. The number of carbonyl (C=O) groups is 2. The van der Waals surface area contributed by atoms with E-state index in [0.29, 0.717) is 31.6 Å². The lowest BCUT2D eigenvalue weighted by Gasteiger charge is -2.28. The molecule has 1 aromatic heterocycles. The maximum absolute atomic E-state index is 12.2. The van der Waals surface area contributed by atoms with E-state index >= 15 is 0 Å². The molecule has 0 atom stereocenters. The van der Waals surface area contributed by atoms with Gasteiger partial charge in [0, 0.05) is 37.6 Å². The van der Waals surface area contributed by atoms with Crippen LogP contribution in [0.25, 0.3) is 0 Å². The molecule has 132 valence electrons. The molecule has 0 spiro atoms. The van der Waals surface area contributed by atoms with E-state index in [1.165, 1.54) is 0 Å². The number of nitrogens with zero attached hydrogens (tertiary/aromatic N) is 1. The van der Waals surface area contributed by atoms with Gasteiger partial charge in [0.05, 0.1) is 5.41 Å². The van der Waals surface area contributed by atoms with Gasteiger partial charge in [0.2, 0.25) is 11.8 Å². The van der Waals surface area contributed by atoms with E-state index in [-0.39, 0.29) is 43.0 Å². The molecular weight excluding hydrogens is 339 g/mol. The van der Waals surface area contributed by atoms with Gasteiger partial charge in [-0.1, -0.05) is 13.8 Å². The molecule has 6 nitrogen and oxygen atoms in total. The highest BCUT2D eigenvalue weighted by atomic mass is 35.5. The van der Waals surface area contributed by atoms with Crippen LogP contribution in [0.4, 0.5) is 5.69 Å². The molecule has 4 N–H and O–H groups in total. The Bertz CT molecular complexity index is 460. The summed E-state index contributed by atoms with van der Waals surface area (Å²) < 4.78 is 0. The second-order valence-corrected chi connectivity index (χ2v) is 4.98. The van der Waals surface area contributed by atoms with Gasteiger partial charge in [0.1, 0.15) is 0 Å². The number of carbonyl (C=O) groups excluding carboxylic acids is 2. The van der Waals surface area contributed by atoms with Crippen molar-refractivity contribution >= 4 is 42.3 Å². The third-order valence-electron chi connectivity index (χ3n) is 3.83. The fraction of sp³-hybridized carbons (Fsp3) is 0.533. The van der Waals surface area contributed by atoms with Crippen LogP contribution in [0.3, 0.4) is 0 Å². The van der Waals surface area contributed by atoms with Gasteiger partial charge >= 0.3 is 0 Å². The number of amides is 2. The molecule has 1 aromatic rings. The molecule has 1 heterocycles. The highest BCUT2D eigenvalue weighted by Crippen LogP contribution is 2.24. The second-order valence-electron chi connectivity index (χ2n) is 4.98. The normalized spacial score (nSPS) is 10.0. The van der Waals surface area contributed by atoms with Crippen molar-refractivity contribution in [1.29, 1.82) is 0 Å². The standard InChI is InChI=1S/C15H24N4O2.2ClH/c1-3-15(4-2,11-16)14(21)18-10-7-13(20)19-12-5-8-17-9-6-12;;/h5-6,8-9H,3-4,7,10-11,16H2,1-2H3,(H,18,21)(H,17,19,20);2*1H. The number of hydrogen-bond acceptors (Lipinski definition) is 4. The smallest absolute Gasteiger partial charge is 0.227 e. The van der Waals surface area contributed by atoms with Gasteiger partial charge in [-0.05, 0) is 25.0 Å². The van der Waals surface area contributed by atoms with Crippen molar-refractivity contribution in [2.45, 2.75) is 33.1 Å². The van der Waals surface area contributed by atoms with Crippen molar-refractivity contribution in [3.05, 3.63) is 24.5 Å². The number of rotatable bonds is 8. The summed E-state index contributed by atoms with van der Waals surface area (Å²) in [6.45, 7) is 4.52. The maximum Gasteiger partial charge on any atom is 0.227 e. The highest BCUT2D eigenvalue weighted by Gasteiger charge is 2.32.